The van der Waals surface area contributed by atoms with Crippen LogP contribution in [0.3, 0.4) is 0 Å². The first kappa shape index (κ1) is 25.2. The first-order valence-corrected chi connectivity index (χ1v) is 14.1. The minimum absolute atomic E-state index is 0.229. The highest BCUT2D eigenvalue weighted by Crippen LogP contribution is 2.37. The average Bonchev–Trinajstić information content (AvgIpc) is 3.20. The van der Waals surface area contributed by atoms with E-state index in [2.05, 4.69) is 0 Å². The van der Waals surface area contributed by atoms with Crippen molar-refractivity contribution in [2.45, 2.75) is 24.9 Å². The van der Waals surface area contributed by atoms with Gasteiger partial charge in [-0.05, 0) is 66.5 Å². The number of rotatable bonds is 9. The molecule has 0 atom stereocenters. The van der Waals surface area contributed by atoms with Crippen molar-refractivity contribution in [3.8, 4) is 16.2 Å². The molecule has 2 aromatic heterocycles. The van der Waals surface area contributed by atoms with E-state index in [4.69, 9.17) is 4.74 Å². The molecular weight excluding hydrogens is 504 g/mol. The average molecular weight is 529 g/mol. The van der Waals surface area contributed by atoms with Gasteiger partial charge in [-0.1, -0.05) is 18.2 Å². The number of nitrogens with zero attached hydrogens (tertiary/aromatic N) is 2. The molecule has 0 radical (unpaired) electrons. The lowest BCUT2D eigenvalue weighted by molar-refractivity contribution is -0.137. The molecular formula is C25H24N2O5S3. The summed E-state index contributed by atoms with van der Waals surface area (Å²) in [7, 11) is 0. The Morgan fingerprint density at radius 2 is 1.77 bits per heavy atom. The van der Waals surface area contributed by atoms with E-state index in [9.17, 15) is 19.5 Å². The molecule has 4 aromatic rings. The van der Waals surface area contributed by atoms with E-state index < -0.39 is 23.8 Å². The molecule has 0 unspecified atom stereocenters. The second-order valence-electron chi connectivity index (χ2n) is 7.78. The third-order valence-electron chi connectivity index (χ3n) is 5.57. The molecule has 35 heavy (non-hydrogen) atoms. The highest BCUT2D eigenvalue weighted by Gasteiger charge is 2.22. The lowest BCUT2D eigenvalue weighted by Crippen LogP contribution is -2.41. The van der Waals surface area contributed by atoms with Gasteiger partial charge in [0.1, 0.15) is 23.1 Å². The minimum atomic E-state index is -1.24. The SMILES string of the molecule is CSCOc1ccc(-c2sc3c(c2C)c(=O)n(CC(=O)O)c(=O)n3Cc2ccccc2SC)cc1. The topological polar surface area (TPSA) is 90.5 Å². The standard InChI is InChI=1S/C25H24N2O5S3/c1-15-21-23(30)26(13-20(28)29)25(31)27(12-17-6-4-5-7-19(17)34-3)24(21)35-22(15)16-8-10-18(11-9-16)32-14-33-2/h4-11H,12-14H2,1-3H3,(H,28,29). The molecule has 0 spiro atoms. The number of hydrogen-bond acceptors (Lipinski definition) is 7. The van der Waals surface area contributed by atoms with Crippen molar-refractivity contribution in [2.75, 3.05) is 18.5 Å². The van der Waals surface area contributed by atoms with E-state index in [-0.39, 0.29) is 6.54 Å². The molecule has 0 aliphatic heterocycles. The van der Waals surface area contributed by atoms with Gasteiger partial charge in [-0.3, -0.25) is 14.2 Å². The first-order chi connectivity index (χ1) is 16.8. The molecule has 182 valence electrons. The predicted octanol–water partition coefficient (Wildman–Crippen LogP) is 4.75. The Hall–Kier alpha value is -2.95. The highest BCUT2D eigenvalue weighted by atomic mass is 32.2. The van der Waals surface area contributed by atoms with Gasteiger partial charge in [0.15, 0.2) is 0 Å². The second-order valence-corrected chi connectivity index (χ2v) is 10.4. The van der Waals surface area contributed by atoms with E-state index in [1.54, 1.807) is 23.5 Å². The fourth-order valence-electron chi connectivity index (χ4n) is 3.92. The highest BCUT2D eigenvalue weighted by molar-refractivity contribution is 7.98. The van der Waals surface area contributed by atoms with Crippen LogP contribution >= 0.6 is 34.9 Å². The number of ether oxygens (including phenoxy) is 1. The van der Waals surface area contributed by atoms with Crippen molar-refractivity contribution in [2.24, 2.45) is 0 Å². The van der Waals surface area contributed by atoms with Crippen LogP contribution in [0, 0.1) is 6.92 Å². The summed E-state index contributed by atoms with van der Waals surface area (Å²) in [6.45, 7) is 1.38. The molecule has 0 saturated carbocycles. The zero-order chi connectivity index (χ0) is 25.1. The van der Waals surface area contributed by atoms with Crippen LogP contribution in [0.5, 0.6) is 5.75 Å². The summed E-state index contributed by atoms with van der Waals surface area (Å²) in [5, 5.41) is 9.74. The summed E-state index contributed by atoms with van der Waals surface area (Å²) in [6, 6.07) is 15.3. The van der Waals surface area contributed by atoms with Gasteiger partial charge in [-0.2, -0.15) is 0 Å². The molecule has 4 rings (SSSR count). The molecule has 0 bridgehead atoms. The number of carboxylic acid groups (broad SMARTS) is 1. The Balaban J connectivity index is 1.93. The van der Waals surface area contributed by atoms with E-state index in [1.165, 1.54) is 15.9 Å². The smallest absolute Gasteiger partial charge is 0.332 e. The van der Waals surface area contributed by atoms with Crippen LogP contribution in [-0.2, 0) is 17.9 Å². The van der Waals surface area contributed by atoms with Crippen molar-refractivity contribution in [1.29, 1.82) is 0 Å². The van der Waals surface area contributed by atoms with Crippen LogP contribution in [0.1, 0.15) is 11.1 Å². The van der Waals surface area contributed by atoms with Gasteiger partial charge >= 0.3 is 11.7 Å². The van der Waals surface area contributed by atoms with Crippen molar-refractivity contribution >= 4 is 51.0 Å². The molecule has 0 fully saturated rings. The van der Waals surface area contributed by atoms with Crippen molar-refractivity contribution in [1.82, 2.24) is 9.13 Å². The van der Waals surface area contributed by atoms with Gasteiger partial charge < -0.3 is 9.84 Å². The normalized spacial score (nSPS) is 11.2. The maximum absolute atomic E-state index is 13.4. The Morgan fingerprint density at radius 3 is 2.43 bits per heavy atom. The summed E-state index contributed by atoms with van der Waals surface area (Å²) in [6.07, 6.45) is 3.92. The maximum Gasteiger partial charge on any atom is 0.332 e. The molecule has 0 saturated heterocycles. The fourth-order valence-corrected chi connectivity index (χ4v) is 6.08. The molecule has 1 N–H and O–H groups in total. The lowest BCUT2D eigenvalue weighted by Gasteiger charge is -2.13. The molecule has 7 nitrogen and oxygen atoms in total. The third kappa shape index (κ3) is 5.05. The fraction of sp³-hybridized carbons (Fsp3) is 0.240. The largest absolute Gasteiger partial charge is 0.483 e. The number of hydrogen-bond donors (Lipinski definition) is 1. The van der Waals surface area contributed by atoms with Gasteiger partial charge in [-0.15, -0.1) is 34.9 Å². The van der Waals surface area contributed by atoms with Gasteiger partial charge in [0.05, 0.1) is 11.9 Å². The Morgan fingerprint density at radius 1 is 1.06 bits per heavy atom. The van der Waals surface area contributed by atoms with E-state index in [0.29, 0.717) is 16.2 Å². The molecule has 0 amide bonds. The number of carboxylic acids is 1. The summed E-state index contributed by atoms with van der Waals surface area (Å²) < 4.78 is 7.97. The van der Waals surface area contributed by atoms with Gasteiger partial charge in [0, 0.05) is 9.77 Å². The summed E-state index contributed by atoms with van der Waals surface area (Å²) in [5.41, 5.74) is 1.33. The van der Waals surface area contributed by atoms with E-state index in [1.807, 2.05) is 68.0 Å². The number of fused-ring (bicyclic) bond motifs is 1. The molecule has 0 aliphatic carbocycles. The van der Waals surface area contributed by atoms with Crippen LogP contribution in [0.4, 0.5) is 0 Å². The van der Waals surface area contributed by atoms with Crippen LogP contribution in [0.2, 0.25) is 0 Å². The zero-order valence-corrected chi connectivity index (χ0v) is 21.9. The van der Waals surface area contributed by atoms with E-state index in [0.717, 1.165) is 36.8 Å². The predicted molar refractivity (Wildman–Crippen MR) is 144 cm³/mol. The zero-order valence-electron chi connectivity index (χ0n) is 19.4. The molecule has 2 heterocycles. The number of aromatic nitrogens is 2. The molecule has 0 aliphatic rings. The van der Waals surface area contributed by atoms with Crippen LogP contribution in [0.15, 0.2) is 63.0 Å². The van der Waals surface area contributed by atoms with Crippen LogP contribution in [0.25, 0.3) is 20.7 Å². The van der Waals surface area contributed by atoms with Gasteiger partial charge in [0.2, 0.25) is 0 Å². The summed E-state index contributed by atoms with van der Waals surface area (Å²) in [5.74, 6) is 0.0542. The van der Waals surface area contributed by atoms with Gasteiger partial charge in [-0.25, -0.2) is 9.36 Å². The maximum atomic E-state index is 13.4. The summed E-state index contributed by atoms with van der Waals surface area (Å²) in [4.78, 5) is 40.6. The number of aliphatic carboxylic acids is 1. The van der Waals surface area contributed by atoms with Gasteiger partial charge in [0.25, 0.3) is 5.56 Å². The first-order valence-electron chi connectivity index (χ1n) is 10.7. The monoisotopic (exact) mass is 528 g/mol. The molecule has 2 aromatic carbocycles. The van der Waals surface area contributed by atoms with Crippen molar-refractivity contribution in [3.63, 3.8) is 0 Å². The van der Waals surface area contributed by atoms with Crippen LogP contribution in [-0.4, -0.2) is 38.7 Å². The Kier molecular flexibility index (Phi) is 7.73. The van der Waals surface area contributed by atoms with Crippen LogP contribution < -0.4 is 16.0 Å². The minimum Gasteiger partial charge on any atom is -0.483 e. The second kappa shape index (κ2) is 10.8. The number of benzene rings is 2. The van der Waals surface area contributed by atoms with E-state index >= 15 is 0 Å². The Labute approximate surface area is 214 Å². The molecule has 10 heteroatoms. The van der Waals surface area contributed by atoms with Crippen molar-refractivity contribution in [3.05, 3.63) is 80.5 Å². The Bertz CT molecular complexity index is 1500. The number of thioether (sulfide) groups is 2. The van der Waals surface area contributed by atoms with Crippen molar-refractivity contribution < 1.29 is 14.6 Å². The quantitative estimate of drug-likeness (QED) is 0.248. The number of thiophene rings is 1. The lowest BCUT2D eigenvalue weighted by atomic mass is 10.1. The number of carbonyl (C=O) groups is 1. The third-order valence-corrected chi connectivity index (χ3v) is 8.12. The summed E-state index contributed by atoms with van der Waals surface area (Å²) >= 11 is 4.52. The number of aryl methyl sites for hydroxylation is 1.